The van der Waals surface area contributed by atoms with E-state index in [-0.39, 0.29) is 0 Å². The molecule has 0 unspecified atom stereocenters. The van der Waals surface area contributed by atoms with Gasteiger partial charge in [0.2, 0.25) is 0 Å². The molecule has 0 atom stereocenters. The lowest BCUT2D eigenvalue weighted by atomic mass is 10.4. The van der Waals surface area contributed by atoms with Crippen LogP contribution < -0.4 is 0 Å². The summed E-state index contributed by atoms with van der Waals surface area (Å²) in [5.41, 5.74) is 0. The van der Waals surface area contributed by atoms with E-state index < -0.39 is 0 Å². The van der Waals surface area contributed by atoms with Crippen LogP contribution in [0.25, 0.3) is 0 Å². The fourth-order valence-corrected chi connectivity index (χ4v) is 3.61. The smallest absolute Gasteiger partial charge is 0.0735 e. The first kappa shape index (κ1) is 8.75. The molecule has 0 aromatic rings. The van der Waals surface area contributed by atoms with Crippen LogP contribution in [0.2, 0.25) is 0 Å². The van der Waals surface area contributed by atoms with Gasteiger partial charge in [0, 0.05) is 7.11 Å². The molecular formula is C7H14OS2. The number of hydrogen-bond acceptors (Lipinski definition) is 3. The van der Waals surface area contributed by atoms with Gasteiger partial charge in [-0.05, 0) is 24.3 Å². The third-order valence-corrected chi connectivity index (χ3v) is 4.33. The minimum Gasteiger partial charge on any atom is -0.383 e. The van der Waals surface area contributed by atoms with Crippen LogP contribution in [-0.4, -0.2) is 29.8 Å². The summed E-state index contributed by atoms with van der Waals surface area (Å²) in [6, 6.07) is 0. The average Bonchev–Trinajstić information content (AvgIpc) is 2.17. The van der Waals surface area contributed by atoms with Gasteiger partial charge in [0.15, 0.2) is 0 Å². The second-order valence-electron chi connectivity index (χ2n) is 2.33. The Labute approximate surface area is 71.3 Å². The predicted molar refractivity (Wildman–Crippen MR) is 49.8 cm³/mol. The maximum absolute atomic E-state index is 5.10. The van der Waals surface area contributed by atoms with Crippen LogP contribution >= 0.6 is 23.5 Å². The Balaban J connectivity index is 2.15. The molecule has 0 aromatic heterocycles. The Bertz CT molecular complexity index is 79.7. The third kappa shape index (κ3) is 3.17. The predicted octanol–water partition coefficient (Wildman–Crippen LogP) is 2.22. The van der Waals surface area contributed by atoms with E-state index in [0.29, 0.717) is 4.58 Å². The molecule has 1 saturated heterocycles. The van der Waals surface area contributed by atoms with Crippen LogP contribution in [0.3, 0.4) is 0 Å². The summed E-state index contributed by atoms with van der Waals surface area (Å²) in [6.45, 7) is 0.912. The van der Waals surface area contributed by atoms with Crippen LogP contribution in [0.1, 0.15) is 12.8 Å². The molecule has 0 amide bonds. The van der Waals surface area contributed by atoms with E-state index in [2.05, 4.69) is 0 Å². The monoisotopic (exact) mass is 178 g/mol. The zero-order valence-electron chi connectivity index (χ0n) is 6.34. The Kier molecular flexibility index (Phi) is 4.66. The van der Waals surface area contributed by atoms with Crippen LogP contribution in [0.4, 0.5) is 0 Å². The van der Waals surface area contributed by atoms with E-state index in [1.54, 1.807) is 7.11 Å². The lowest BCUT2D eigenvalue weighted by Gasteiger charge is -2.10. The van der Waals surface area contributed by atoms with Crippen molar-refractivity contribution in [3.8, 4) is 0 Å². The van der Waals surface area contributed by atoms with E-state index in [4.69, 9.17) is 4.74 Å². The van der Waals surface area contributed by atoms with Gasteiger partial charge in [0.1, 0.15) is 0 Å². The van der Waals surface area contributed by atoms with Crippen LogP contribution in [0, 0.1) is 0 Å². The minimum atomic E-state index is 0.701. The highest BCUT2D eigenvalue weighted by atomic mass is 32.2. The fourth-order valence-electron chi connectivity index (χ4n) is 0.914. The molecule has 0 aliphatic carbocycles. The summed E-state index contributed by atoms with van der Waals surface area (Å²) in [5.74, 6) is 2.64. The zero-order valence-corrected chi connectivity index (χ0v) is 7.97. The van der Waals surface area contributed by atoms with E-state index >= 15 is 0 Å². The highest BCUT2D eigenvalue weighted by Crippen LogP contribution is 2.29. The third-order valence-electron chi connectivity index (χ3n) is 1.45. The highest BCUT2D eigenvalue weighted by Gasteiger charge is 2.11. The molecule has 1 heterocycles. The molecular weight excluding hydrogens is 164 g/mol. The lowest BCUT2D eigenvalue weighted by Crippen LogP contribution is -2.05. The Hall–Kier alpha value is 0.660. The van der Waals surface area contributed by atoms with Gasteiger partial charge in [-0.1, -0.05) is 0 Å². The van der Waals surface area contributed by atoms with Crippen LogP contribution in [0.5, 0.6) is 0 Å². The first-order valence-corrected chi connectivity index (χ1v) is 5.75. The van der Waals surface area contributed by atoms with E-state index in [1.165, 1.54) is 24.3 Å². The van der Waals surface area contributed by atoms with Crippen molar-refractivity contribution >= 4 is 23.5 Å². The van der Waals surface area contributed by atoms with Crippen molar-refractivity contribution in [2.75, 3.05) is 25.2 Å². The first-order valence-electron chi connectivity index (χ1n) is 3.65. The van der Waals surface area contributed by atoms with Gasteiger partial charge in [-0.2, -0.15) is 0 Å². The van der Waals surface area contributed by atoms with Crippen molar-refractivity contribution in [1.29, 1.82) is 0 Å². The number of rotatable bonds is 2. The summed E-state index contributed by atoms with van der Waals surface area (Å²) in [5, 5.41) is 0. The van der Waals surface area contributed by atoms with Crippen molar-refractivity contribution in [3.05, 3.63) is 0 Å². The second kappa shape index (κ2) is 5.33. The minimum absolute atomic E-state index is 0.701. The molecule has 1 aliphatic heterocycles. The summed E-state index contributed by atoms with van der Waals surface area (Å²) in [6.07, 6.45) is 2.77. The van der Waals surface area contributed by atoms with E-state index in [0.717, 1.165) is 6.61 Å². The van der Waals surface area contributed by atoms with Gasteiger partial charge in [-0.25, -0.2) is 0 Å². The molecule has 60 valence electrons. The first-order chi connectivity index (χ1) is 4.93. The summed E-state index contributed by atoms with van der Waals surface area (Å²) in [7, 11) is 1.78. The van der Waals surface area contributed by atoms with Gasteiger partial charge < -0.3 is 4.74 Å². The van der Waals surface area contributed by atoms with Gasteiger partial charge in [-0.15, -0.1) is 23.5 Å². The van der Waals surface area contributed by atoms with Crippen molar-refractivity contribution < 1.29 is 4.74 Å². The molecule has 1 rings (SSSR count). The molecule has 1 fully saturated rings. The molecule has 10 heavy (non-hydrogen) atoms. The van der Waals surface area contributed by atoms with Gasteiger partial charge in [0.25, 0.3) is 0 Å². The Morgan fingerprint density at radius 1 is 1.30 bits per heavy atom. The van der Waals surface area contributed by atoms with Crippen molar-refractivity contribution in [1.82, 2.24) is 0 Å². The quantitative estimate of drug-likeness (QED) is 0.641. The standard InChI is InChI=1S/C7H14OS2/c1-8-6-7-9-4-2-3-5-10-7/h7H,2-6H2,1H3. The molecule has 0 aromatic carbocycles. The van der Waals surface area contributed by atoms with Crippen molar-refractivity contribution in [2.45, 2.75) is 17.4 Å². The second-order valence-corrected chi connectivity index (χ2v) is 5.25. The lowest BCUT2D eigenvalue weighted by molar-refractivity contribution is 0.214. The molecule has 0 spiro atoms. The Morgan fingerprint density at radius 3 is 2.40 bits per heavy atom. The summed E-state index contributed by atoms with van der Waals surface area (Å²) in [4.78, 5) is 0. The number of ether oxygens (including phenoxy) is 1. The van der Waals surface area contributed by atoms with Crippen LogP contribution in [-0.2, 0) is 4.74 Å². The molecule has 0 radical (unpaired) electrons. The average molecular weight is 178 g/mol. The SMILES string of the molecule is COCC1SCCCCS1. The molecule has 0 N–H and O–H groups in total. The van der Waals surface area contributed by atoms with E-state index in [1.807, 2.05) is 23.5 Å². The molecule has 0 saturated carbocycles. The Morgan fingerprint density at radius 2 is 1.90 bits per heavy atom. The van der Waals surface area contributed by atoms with Crippen molar-refractivity contribution in [2.24, 2.45) is 0 Å². The summed E-state index contributed by atoms with van der Waals surface area (Å²) < 4.78 is 5.80. The van der Waals surface area contributed by atoms with Crippen molar-refractivity contribution in [3.63, 3.8) is 0 Å². The van der Waals surface area contributed by atoms with Gasteiger partial charge in [0.05, 0.1) is 11.2 Å². The topological polar surface area (TPSA) is 9.23 Å². The molecule has 1 nitrogen and oxygen atoms in total. The largest absolute Gasteiger partial charge is 0.383 e. The molecule has 0 bridgehead atoms. The van der Waals surface area contributed by atoms with Gasteiger partial charge in [-0.3, -0.25) is 0 Å². The number of hydrogen-bond donors (Lipinski definition) is 0. The summed E-state index contributed by atoms with van der Waals surface area (Å²) >= 11 is 4.09. The number of thioether (sulfide) groups is 2. The fraction of sp³-hybridized carbons (Fsp3) is 1.00. The van der Waals surface area contributed by atoms with Gasteiger partial charge >= 0.3 is 0 Å². The molecule has 1 aliphatic rings. The normalized spacial score (nSPS) is 22.5. The zero-order chi connectivity index (χ0) is 7.23. The number of methoxy groups -OCH3 is 1. The van der Waals surface area contributed by atoms with E-state index in [9.17, 15) is 0 Å². The highest BCUT2D eigenvalue weighted by molar-refractivity contribution is 8.17. The molecule has 3 heteroatoms. The van der Waals surface area contributed by atoms with Crippen LogP contribution in [0.15, 0.2) is 0 Å². The maximum Gasteiger partial charge on any atom is 0.0735 e. The maximum atomic E-state index is 5.10.